The molecule has 0 unspecified atom stereocenters. The van der Waals surface area contributed by atoms with E-state index in [1.54, 1.807) is 0 Å². The molecular formula is C11H16N2. The van der Waals surface area contributed by atoms with Gasteiger partial charge < -0.3 is 11.1 Å². The molecule has 1 rings (SSSR count). The zero-order chi connectivity index (χ0) is 9.68. The smallest absolute Gasteiger partial charge is 0.0320 e. The van der Waals surface area contributed by atoms with Gasteiger partial charge in [-0.25, -0.2) is 0 Å². The molecule has 0 atom stereocenters. The number of aryl methyl sites for hydroxylation is 1. The van der Waals surface area contributed by atoms with E-state index in [2.05, 4.69) is 24.4 Å². The highest BCUT2D eigenvalue weighted by Crippen LogP contribution is 2.13. The Morgan fingerprint density at radius 3 is 2.92 bits per heavy atom. The van der Waals surface area contributed by atoms with Crippen molar-refractivity contribution in [1.29, 1.82) is 0 Å². The molecule has 0 fully saturated rings. The normalized spacial score (nSPS) is 10.9. The summed E-state index contributed by atoms with van der Waals surface area (Å²) in [6.45, 7) is 2.97. The van der Waals surface area contributed by atoms with Crippen molar-refractivity contribution in [3.05, 3.63) is 35.4 Å². The molecule has 1 aromatic carbocycles. The highest BCUT2D eigenvalue weighted by molar-refractivity contribution is 5.59. The van der Waals surface area contributed by atoms with Crippen LogP contribution in [0, 0.1) is 6.92 Å². The van der Waals surface area contributed by atoms with Crippen LogP contribution in [0.25, 0.3) is 6.08 Å². The molecular weight excluding hydrogens is 160 g/mol. The number of hydrogen-bond acceptors (Lipinski definition) is 2. The lowest BCUT2D eigenvalue weighted by atomic mass is 10.1. The average molecular weight is 176 g/mol. The van der Waals surface area contributed by atoms with Gasteiger partial charge in [0.25, 0.3) is 0 Å². The van der Waals surface area contributed by atoms with E-state index in [0.717, 1.165) is 12.2 Å². The monoisotopic (exact) mass is 176 g/mol. The van der Waals surface area contributed by atoms with Gasteiger partial charge in [-0.2, -0.15) is 0 Å². The van der Waals surface area contributed by atoms with Crippen LogP contribution in [0.15, 0.2) is 24.3 Å². The van der Waals surface area contributed by atoms with E-state index < -0.39 is 0 Å². The van der Waals surface area contributed by atoms with E-state index in [0.29, 0.717) is 0 Å². The van der Waals surface area contributed by atoms with Crippen LogP contribution < -0.4 is 11.1 Å². The van der Waals surface area contributed by atoms with Gasteiger partial charge in [0.15, 0.2) is 0 Å². The molecule has 0 saturated heterocycles. The van der Waals surface area contributed by atoms with Crippen molar-refractivity contribution in [2.24, 2.45) is 0 Å². The zero-order valence-corrected chi connectivity index (χ0v) is 8.17. The van der Waals surface area contributed by atoms with Crippen molar-refractivity contribution >= 4 is 11.8 Å². The summed E-state index contributed by atoms with van der Waals surface area (Å²) in [7, 11) is 1.93. The predicted octanol–water partition coefficient (Wildman–Crippen LogP) is 1.81. The Morgan fingerprint density at radius 2 is 2.23 bits per heavy atom. The average Bonchev–Trinajstić information content (AvgIpc) is 2.11. The number of likely N-dealkylation sites (N-methyl/N-ethyl adjacent to an activating group) is 1. The molecule has 3 N–H and O–H groups in total. The summed E-state index contributed by atoms with van der Waals surface area (Å²) < 4.78 is 0. The maximum Gasteiger partial charge on any atom is 0.0320 e. The van der Waals surface area contributed by atoms with Crippen LogP contribution in [0.1, 0.15) is 11.1 Å². The van der Waals surface area contributed by atoms with Crippen LogP contribution in [-0.2, 0) is 0 Å². The fraction of sp³-hybridized carbons (Fsp3) is 0.273. The van der Waals surface area contributed by atoms with Gasteiger partial charge in [-0.1, -0.05) is 18.2 Å². The van der Waals surface area contributed by atoms with Crippen molar-refractivity contribution in [3.8, 4) is 0 Å². The van der Waals surface area contributed by atoms with Gasteiger partial charge in [-0.05, 0) is 37.2 Å². The van der Waals surface area contributed by atoms with Gasteiger partial charge in [0, 0.05) is 12.2 Å². The van der Waals surface area contributed by atoms with Crippen LogP contribution in [-0.4, -0.2) is 13.6 Å². The summed E-state index contributed by atoms with van der Waals surface area (Å²) in [5.41, 5.74) is 8.94. The molecule has 2 nitrogen and oxygen atoms in total. The first kappa shape index (κ1) is 9.81. The van der Waals surface area contributed by atoms with Crippen molar-refractivity contribution in [2.75, 3.05) is 19.3 Å². The molecule has 0 radical (unpaired) electrons. The number of nitrogens with two attached hydrogens (primary N) is 1. The molecule has 0 aromatic heterocycles. The molecule has 0 heterocycles. The molecule has 70 valence electrons. The molecule has 0 aliphatic carbocycles. The van der Waals surface area contributed by atoms with Crippen molar-refractivity contribution in [2.45, 2.75) is 6.92 Å². The van der Waals surface area contributed by atoms with Gasteiger partial charge in [-0.15, -0.1) is 0 Å². The summed E-state index contributed by atoms with van der Waals surface area (Å²) in [4.78, 5) is 0. The lowest BCUT2D eigenvalue weighted by Gasteiger charge is -2.01. The Bertz CT molecular complexity index is 303. The van der Waals surface area contributed by atoms with E-state index in [1.807, 2.05) is 25.2 Å². The summed E-state index contributed by atoms with van der Waals surface area (Å²) in [5.74, 6) is 0. The number of anilines is 1. The quantitative estimate of drug-likeness (QED) is 0.689. The van der Waals surface area contributed by atoms with E-state index in [4.69, 9.17) is 5.73 Å². The third-order valence-corrected chi connectivity index (χ3v) is 1.92. The van der Waals surface area contributed by atoms with Crippen LogP contribution in [0.3, 0.4) is 0 Å². The summed E-state index contributed by atoms with van der Waals surface area (Å²) in [5, 5.41) is 3.05. The number of hydrogen-bond donors (Lipinski definition) is 2. The Balaban J connectivity index is 2.81. The molecule has 0 amide bonds. The second-order valence-corrected chi connectivity index (χ2v) is 3.08. The molecule has 2 heteroatoms. The van der Waals surface area contributed by atoms with Crippen molar-refractivity contribution < 1.29 is 0 Å². The first-order valence-corrected chi connectivity index (χ1v) is 4.41. The molecule has 13 heavy (non-hydrogen) atoms. The highest BCUT2D eigenvalue weighted by Gasteiger charge is 1.93. The number of nitrogens with one attached hydrogen (secondary N) is 1. The summed E-state index contributed by atoms with van der Waals surface area (Å²) in [6, 6.07) is 5.95. The number of benzene rings is 1. The fourth-order valence-electron chi connectivity index (χ4n) is 1.14. The maximum absolute atomic E-state index is 5.68. The minimum absolute atomic E-state index is 0.815. The second kappa shape index (κ2) is 4.67. The van der Waals surface area contributed by atoms with Gasteiger partial charge in [0.05, 0.1) is 0 Å². The molecule has 0 saturated carbocycles. The maximum atomic E-state index is 5.68. The minimum Gasteiger partial charge on any atom is -0.399 e. The third-order valence-electron chi connectivity index (χ3n) is 1.92. The van der Waals surface area contributed by atoms with Crippen LogP contribution in [0.4, 0.5) is 5.69 Å². The van der Waals surface area contributed by atoms with Crippen LogP contribution in [0.2, 0.25) is 0 Å². The minimum atomic E-state index is 0.815. The predicted molar refractivity (Wildman–Crippen MR) is 58.6 cm³/mol. The first-order valence-electron chi connectivity index (χ1n) is 4.41. The van der Waals surface area contributed by atoms with Crippen LogP contribution in [0.5, 0.6) is 0 Å². The Labute approximate surface area is 79.5 Å². The molecule has 0 spiro atoms. The Morgan fingerprint density at radius 1 is 1.46 bits per heavy atom. The Kier molecular flexibility index (Phi) is 3.53. The molecule has 0 bridgehead atoms. The molecule has 0 aliphatic heterocycles. The van der Waals surface area contributed by atoms with Gasteiger partial charge >= 0.3 is 0 Å². The topological polar surface area (TPSA) is 38.0 Å². The molecule has 0 aliphatic rings. The second-order valence-electron chi connectivity index (χ2n) is 3.08. The first-order chi connectivity index (χ1) is 6.24. The van der Waals surface area contributed by atoms with Gasteiger partial charge in [-0.3, -0.25) is 0 Å². The number of rotatable bonds is 3. The largest absolute Gasteiger partial charge is 0.399 e. The van der Waals surface area contributed by atoms with Crippen molar-refractivity contribution in [3.63, 3.8) is 0 Å². The summed E-state index contributed by atoms with van der Waals surface area (Å²) >= 11 is 0. The Hall–Kier alpha value is -1.28. The summed E-state index contributed by atoms with van der Waals surface area (Å²) in [6.07, 6.45) is 4.17. The van der Waals surface area contributed by atoms with Gasteiger partial charge in [0.2, 0.25) is 0 Å². The number of nitrogen functional groups attached to an aromatic ring is 1. The van der Waals surface area contributed by atoms with E-state index in [1.165, 1.54) is 11.1 Å². The SMILES string of the molecule is CNCC=Cc1cc(N)ccc1C. The third kappa shape index (κ3) is 2.92. The fourth-order valence-corrected chi connectivity index (χ4v) is 1.14. The van der Waals surface area contributed by atoms with Gasteiger partial charge in [0.1, 0.15) is 0 Å². The lowest BCUT2D eigenvalue weighted by molar-refractivity contribution is 0.922. The van der Waals surface area contributed by atoms with Crippen LogP contribution >= 0.6 is 0 Å². The lowest BCUT2D eigenvalue weighted by Crippen LogP contribution is -2.03. The van der Waals surface area contributed by atoms with Crippen molar-refractivity contribution in [1.82, 2.24) is 5.32 Å². The highest BCUT2D eigenvalue weighted by atomic mass is 14.8. The molecule has 1 aromatic rings. The van der Waals surface area contributed by atoms with E-state index >= 15 is 0 Å². The van der Waals surface area contributed by atoms with E-state index in [-0.39, 0.29) is 0 Å². The standard InChI is InChI=1S/C11H16N2/c1-9-5-6-11(12)8-10(9)4-3-7-13-2/h3-6,8,13H,7,12H2,1-2H3. The van der Waals surface area contributed by atoms with E-state index in [9.17, 15) is 0 Å². The zero-order valence-electron chi connectivity index (χ0n) is 8.17.